The van der Waals surface area contributed by atoms with Crippen LogP contribution in [0.4, 0.5) is 5.69 Å². The number of anilines is 1. The maximum absolute atomic E-state index is 11.0. The van der Waals surface area contributed by atoms with E-state index in [0.717, 1.165) is 17.7 Å². The molecule has 0 fully saturated rings. The standard InChI is InChI=1S/C10H11NO.CH3At/c1-2-7-3-4-9-8(5-7)6-10(12)11-9;1-2/h3-5H,2,6H2,1H3,(H,11,12);1H3. The van der Waals surface area contributed by atoms with Gasteiger partial charge in [-0.3, -0.25) is 4.79 Å². The van der Waals surface area contributed by atoms with Gasteiger partial charge >= 0.3 is 29.4 Å². The first kappa shape index (κ1) is 11.6. The van der Waals surface area contributed by atoms with Crippen molar-refractivity contribution in [1.82, 2.24) is 0 Å². The zero-order valence-corrected chi connectivity index (χ0v) is 11.4. The molecule has 1 N–H and O–H groups in total. The van der Waals surface area contributed by atoms with Gasteiger partial charge in [-0.25, -0.2) is 0 Å². The molecule has 2 rings (SSSR count). The molecule has 1 aromatic carbocycles. The number of amides is 1. The molecular weight excluding hydrogens is 372 g/mol. The third kappa shape index (κ3) is 2.54. The number of carbonyl (C=O) groups is 1. The van der Waals surface area contributed by atoms with Crippen molar-refractivity contribution in [2.75, 3.05) is 5.32 Å². The average Bonchev–Trinajstić information content (AvgIpc) is 2.59. The molecule has 1 aromatic rings. The molecule has 1 aliphatic rings. The van der Waals surface area contributed by atoms with Crippen LogP contribution in [0.3, 0.4) is 0 Å². The minimum absolute atomic E-state index is 0.109. The van der Waals surface area contributed by atoms with Gasteiger partial charge in [0.05, 0.1) is 6.42 Å². The molecule has 0 saturated carbocycles. The van der Waals surface area contributed by atoms with E-state index in [1.165, 1.54) is 5.56 Å². The summed E-state index contributed by atoms with van der Waals surface area (Å²) in [6.07, 6.45) is 1.57. The Morgan fingerprint density at radius 2 is 2.14 bits per heavy atom. The molecular formula is C11H14AtNO. The van der Waals surface area contributed by atoms with Crippen LogP contribution in [0, 0.1) is 24.7 Å². The molecule has 1 amide bonds. The van der Waals surface area contributed by atoms with Crippen molar-refractivity contribution in [3.63, 3.8) is 0 Å². The van der Waals surface area contributed by atoms with Crippen molar-refractivity contribution in [2.24, 2.45) is 0 Å². The Hall–Kier alpha value is -0.427. The zero-order chi connectivity index (χ0) is 10.6. The fraction of sp³-hybridized carbons (Fsp3) is 0.364. The summed E-state index contributed by atoms with van der Waals surface area (Å²) in [6.45, 7) is 2.12. The van der Waals surface area contributed by atoms with Crippen LogP contribution >= 0.6 is 0 Å². The second-order valence-electron chi connectivity index (χ2n) is 3.07. The van der Waals surface area contributed by atoms with Crippen molar-refractivity contribution < 1.29 is 29.5 Å². The molecule has 0 saturated heterocycles. The summed E-state index contributed by atoms with van der Waals surface area (Å²) < 4.78 is 2.06. The molecule has 1 aliphatic heterocycles. The van der Waals surface area contributed by atoms with Gasteiger partial charge in [-0.2, -0.15) is 0 Å². The molecule has 1 heterocycles. The third-order valence-electron chi connectivity index (χ3n) is 2.20. The Balaban J connectivity index is 0.000000461. The van der Waals surface area contributed by atoms with Crippen molar-refractivity contribution in [3.8, 4) is 0 Å². The van der Waals surface area contributed by atoms with E-state index in [-0.39, 0.29) is 5.91 Å². The molecule has 0 spiro atoms. The fourth-order valence-electron chi connectivity index (χ4n) is 1.50. The number of nitrogens with one attached hydrogen (secondary N) is 1. The van der Waals surface area contributed by atoms with Crippen molar-refractivity contribution in [1.29, 1.82) is 0 Å². The van der Waals surface area contributed by atoms with Crippen molar-refractivity contribution >= 4 is 11.6 Å². The Labute approximate surface area is 99.9 Å². The van der Waals surface area contributed by atoms with Gasteiger partial charge in [0.1, 0.15) is 0 Å². The third-order valence-corrected chi connectivity index (χ3v) is 2.20. The quantitative estimate of drug-likeness (QED) is 0.789. The fourth-order valence-corrected chi connectivity index (χ4v) is 1.50. The van der Waals surface area contributed by atoms with E-state index >= 15 is 0 Å². The average molecular weight is 386 g/mol. The molecule has 0 unspecified atom stereocenters. The molecule has 2 nitrogen and oxygen atoms in total. The second kappa shape index (κ2) is 5.45. The first-order chi connectivity index (χ1) is 6.79. The molecule has 0 aliphatic carbocycles. The normalized spacial score (nSPS) is 12.6. The minimum atomic E-state index is 0.109. The zero-order valence-electron chi connectivity index (χ0n) is 8.43. The number of hydrogen-bond donors (Lipinski definition) is 1. The van der Waals surface area contributed by atoms with Gasteiger partial charge in [0.15, 0.2) is 0 Å². The van der Waals surface area contributed by atoms with Gasteiger partial charge in [0.2, 0.25) is 5.91 Å². The van der Waals surface area contributed by atoms with Gasteiger partial charge < -0.3 is 5.32 Å². The first-order valence-electron chi connectivity index (χ1n) is 4.59. The SMILES string of the molecule is CCc1ccc2c(c1)CC(=O)N2.C[At]. The Morgan fingerprint density at radius 1 is 1.43 bits per heavy atom. The predicted molar refractivity (Wildman–Crippen MR) is 54.0 cm³/mol. The van der Waals surface area contributed by atoms with E-state index in [4.69, 9.17) is 0 Å². The molecule has 0 radical (unpaired) electrons. The predicted octanol–water partition coefficient (Wildman–Crippen LogP) is 2.33. The molecule has 0 bridgehead atoms. The van der Waals surface area contributed by atoms with Crippen LogP contribution in [0.15, 0.2) is 18.2 Å². The monoisotopic (exact) mass is 386 g/mol. The van der Waals surface area contributed by atoms with Crippen LogP contribution in [0.25, 0.3) is 0 Å². The maximum atomic E-state index is 11.0. The van der Waals surface area contributed by atoms with Crippen molar-refractivity contribution in [2.45, 2.75) is 24.4 Å². The molecule has 76 valence electrons. The van der Waals surface area contributed by atoms with Crippen LogP contribution in [-0.4, -0.2) is 5.91 Å². The van der Waals surface area contributed by atoms with Crippen LogP contribution < -0.4 is 5.32 Å². The van der Waals surface area contributed by atoms with Gasteiger partial charge in [-0.1, -0.05) is 19.1 Å². The van der Waals surface area contributed by atoms with Crippen LogP contribution in [0.1, 0.15) is 18.1 Å². The Morgan fingerprint density at radius 3 is 2.79 bits per heavy atom. The summed E-state index contributed by atoms with van der Waals surface area (Å²) in [6, 6.07) is 6.15. The van der Waals surface area contributed by atoms with Crippen molar-refractivity contribution in [3.05, 3.63) is 29.3 Å². The van der Waals surface area contributed by atoms with Gasteiger partial charge in [0, 0.05) is 5.69 Å². The topological polar surface area (TPSA) is 29.1 Å². The number of benzene rings is 1. The van der Waals surface area contributed by atoms with Crippen LogP contribution in [0.2, 0.25) is 4.63 Å². The van der Waals surface area contributed by atoms with E-state index in [1.54, 1.807) is 24.7 Å². The molecule has 14 heavy (non-hydrogen) atoms. The summed E-state index contributed by atoms with van der Waals surface area (Å²) >= 11 is 1.72. The first-order valence-corrected chi connectivity index (χ1v) is 7.53. The van der Waals surface area contributed by atoms with E-state index in [9.17, 15) is 4.79 Å². The van der Waals surface area contributed by atoms with Gasteiger partial charge in [-0.15, -0.1) is 0 Å². The summed E-state index contributed by atoms with van der Waals surface area (Å²) in [7, 11) is 0. The van der Waals surface area contributed by atoms with Crippen LogP contribution in [0.5, 0.6) is 0 Å². The summed E-state index contributed by atoms with van der Waals surface area (Å²) in [5.41, 5.74) is 3.42. The van der Waals surface area contributed by atoms with E-state index in [0.29, 0.717) is 6.42 Å². The Kier molecular flexibility index (Phi) is 4.54. The van der Waals surface area contributed by atoms with Gasteiger partial charge in [0.25, 0.3) is 0 Å². The van der Waals surface area contributed by atoms with E-state index in [1.807, 2.05) is 6.07 Å². The Bertz CT molecular complexity index is 336. The van der Waals surface area contributed by atoms with Gasteiger partial charge in [-0.05, 0) is 23.6 Å². The number of rotatable bonds is 1. The number of aryl methyl sites for hydroxylation is 1. The molecule has 0 atom stereocenters. The summed E-state index contributed by atoms with van der Waals surface area (Å²) in [5.74, 6) is 0.109. The second-order valence-corrected chi connectivity index (χ2v) is 3.07. The van der Waals surface area contributed by atoms with E-state index < -0.39 is 0 Å². The summed E-state index contributed by atoms with van der Waals surface area (Å²) in [4.78, 5) is 11.0. The van der Waals surface area contributed by atoms with Crippen LogP contribution in [-0.2, 0) is 17.6 Å². The number of carbonyl (C=O) groups excluding carboxylic acids is 1. The number of fused-ring (bicyclic) bond motifs is 1. The molecule has 0 aromatic heterocycles. The molecule has 3 heteroatoms. The summed E-state index contributed by atoms with van der Waals surface area (Å²) in [5, 5.41) is 2.81. The number of hydrogen-bond acceptors (Lipinski definition) is 1. The van der Waals surface area contributed by atoms with E-state index in [2.05, 4.69) is 29.0 Å².